The lowest BCUT2D eigenvalue weighted by atomic mass is 9.97. The van der Waals surface area contributed by atoms with Crippen LogP contribution in [0.15, 0.2) is 54.9 Å². The van der Waals surface area contributed by atoms with E-state index >= 15 is 0 Å². The number of nitrogen functional groups attached to an aromatic ring is 1. The lowest BCUT2D eigenvalue weighted by Gasteiger charge is -2.18. The van der Waals surface area contributed by atoms with Crippen molar-refractivity contribution in [1.82, 2.24) is 15.0 Å². The van der Waals surface area contributed by atoms with Crippen molar-refractivity contribution >= 4 is 48.8 Å². The second-order valence-corrected chi connectivity index (χ2v) is 8.41. The molecule has 0 spiro atoms. The number of halogens is 4. The highest BCUT2D eigenvalue weighted by Gasteiger charge is 2.34. The number of aromatic nitrogens is 3. The van der Waals surface area contributed by atoms with E-state index in [2.05, 4.69) is 20.3 Å². The van der Waals surface area contributed by atoms with E-state index in [1.807, 2.05) is 31.2 Å². The lowest BCUT2D eigenvalue weighted by Crippen LogP contribution is -2.12. The minimum Gasteiger partial charge on any atom is -0.383 e. The molecule has 0 atom stereocenters. The molecule has 0 amide bonds. The van der Waals surface area contributed by atoms with Gasteiger partial charge in [-0.1, -0.05) is 36.4 Å². The van der Waals surface area contributed by atoms with Crippen LogP contribution in [0.5, 0.6) is 0 Å². The Balaban J connectivity index is 1.88. The van der Waals surface area contributed by atoms with Crippen molar-refractivity contribution in [2.75, 3.05) is 11.1 Å². The average molecular weight is 562 g/mol. The van der Waals surface area contributed by atoms with Gasteiger partial charge >= 0.3 is 6.18 Å². The monoisotopic (exact) mass is 562 g/mol. The second kappa shape index (κ2) is 8.93. The van der Waals surface area contributed by atoms with Gasteiger partial charge < -0.3 is 11.1 Å². The van der Waals surface area contributed by atoms with Crippen molar-refractivity contribution in [3.63, 3.8) is 0 Å². The highest BCUT2D eigenvalue weighted by molar-refractivity contribution is 14.1. The van der Waals surface area contributed by atoms with Gasteiger partial charge in [-0.15, -0.1) is 0 Å². The summed E-state index contributed by atoms with van der Waals surface area (Å²) in [6.07, 6.45) is -3.27. The molecule has 168 valence electrons. The van der Waals surface area contributed by atoms with Crippen molar-refractivity contribution in [3.05, 3.63) is 77.1 Å². The normalized spacial score (nSPS) is 11.5. The predicted molar refractivity (Wildman–Crippen MR) is 132 cm³/mol. The molecule has 0 saturated heterocycles. The van der Waals surface area contributed by atoms with Crippen LogP contribution in [-0.2, 0) is 12.7 Å². The van der Waals surface area contributed by atoms with Crippen LogP contribution in [0.1, 0.15) is 22.3 Å². The van der Waals surface area contributed by atoms with Crippen LogP contribution < -0.4 is 11.1 Å². The zero-order valence-corrected chi connectivity index (χ0v) is 19.5. The van der Waals surface area contributed by atoms with Gasteiger partial charge in [-0.25, -0.2) is 15.0 Å². The molecular formula is C23H18F3IN6. The Hall–Kier alpha value is -3.28. The van der Waals surface area contributed by atoms with Gasteiger partial charge in [0.25, 0.3) is 0 Å². The number of para-hydroxylation sites is 1. The molecule has 2 aromatic carbocycles. The van der Waals surface area contributed by atoms with Crippen LogP contribution in [0.2, 0.25) is 0 Å². The van der Waals surface area contributed by atoms with Crippen LogP contribution in [0.3, 0.4) is 0 Å². The Bertz CT molecular complexity index is 1370. The fourth-order valence-corrected chi connectivity index (χ4v) is 4.16. The fraction of sp³-hybridized carbons (Fsp3) is 0.130. The number of alkyl halides is 3. The van der Waals surface area contributed by atoms with Crippen LogP contribution in [0, 0.1) is 12.3 Å². The quantitative estimate of drug-likeness (QED) is 0.206. The minimum atomic E-state index is -4.53. The Morgan fingerprint density at radius 1 is 1.12 bits per heavy atom. The molecule has 4 rings (SSSR count). The van der Waals surface area contributed by atoms with E-state index in [-0.39, 0.29) is 27.3 Å². The maximum Gasteiger partial charge on any atom is 0.417 e. The first-order valence-corrected chi connectivity index (χ1v) is 10.9. The Labute approximate surface area is 201 Å². The zero-order valence-electron chi connectivity index (χ0n) is 17.3. The third-order valence-corrected chi connectivity index (χ3v) is 5.70. The van der Waals surface area contributed by atoms with Gasteiger partial charge in [-0.2, -0.15) is 13.2 Å². The molecule has 0 aliphatic carbocycles. The molecule has 6 nitrogen and oxygen atoms in total. The Morgan fingerprint density at radius 3 is 2.61 bits per heavy atom. The van der Waals surface area contributed by atoms with Crippen LogP contribution in [0.25, 0.3) is 22.2 Å². The number of nitrogens with one attached hydrogen (secondary N) is 2. The molecule has 4 aromatic rings. The first-order valence-electron chi connectivity index (χ1n) is 9.81. The van der Waals surface area contributed by atoms with Gasteiger partial charge in [-0.3, -0.25) is 5.41 Å². The lowest BCUT2D eigenvalue weighted by molar-refractivity contribution is -0.137. The molecule has 0 aliphatic rings. The standard InChI is InChI=1S/C23H18F3IN6/c1-12-5-4-6-13-9-14(10-30-22-17(20(27)28)21(29)31-11-32-22)19(33-18(12)13)15-7-2-3-8-16(15)23(24,25)26/h2-9,11,28H,10H2,1H3,(H3,29,30,31,32). The van der Waals surface area contributed by atoms with Crippen molar-refractivity contribution in [2.24, 2.45) is 0 Å². The van der Waals surface area contributed by atoms with Crippen molar-refractivity contribution in [1.29, 1.82) is 5.41 Å². The molecule has 0 fully saturated rings. The highest BCUT2D eigenvalue weighted by atomic mass is 127. The van der Waals surface area contributed by atoms with E-state index in [0.717, 1.165) is 17.0 Å². The maximum atomic E-state index is 13.8. The largest absolute Gasteiger partial charge is 0.417 e. The molecule has 0 saturated carbocycles. The number of nitrogens with two attached hydrogens (primary N) is 1. The van der Waals surface area contributed by atoms with E-state index in [0.29, 0.717) is 22.5 Å². The number of fused-ring (bicyclic) bond motifs is 1. The SMILES string of the molecule is Cc1cccc2cc(CNc3ncnc(N)c3C(=N)I)c(-c3ccccc3C(F)(F)F)nc12. The van der Waals surface area contributed by atoms with E-state index in [1.165, 1.54) is 18.5 Å². The first kappa shape index (κ1) is 22.9. The number of nitrogens with zero attached hydrogens (tertiary/aromatic N) is 3. The van der Waals surface area contributed by atoms with E-state index < -0.39 is 11.7 Å². The fourth-order valence-electron chi connectivity index (χ4n) is 3.62. The summed E-state index contributed by atoms with van der Waals surface area (Å²) < 4.78 is 41.5. The second-order valence-electron chi connectivity index (χ2n) is 7.34. The highest BCUT2D eigenvalue weighted by Crippen LogP contribution is 2.38. The minimum absolute atomic E-state index is 0.00369. The topological polar surface area (TPSA) is 101 Å². The van der Waals surface area contributed by atoms with Crippen LogP contribution >= 0.6 is 22.6 Å². The summed E-state index contributed by atoms with van der Waals surface area (Å²) in [5.74, 6) is 0.461. The third kappa shape index (κ3) is 4.61. The summed E-state index contributed by atoms with van der Waals surface area (Å²) in [5.41, 5.74) is 7.74. The average Bonchev–Trinajstić information content (AvgIpc) is 2.76. The molecule has 4 N–H and O–H groups in total. The Morgan fingerprint density at radius 2 is 1.88 bits per heavy atom. The molecular weight excluding hydrogens is 544 g/mol. The number of benzene rings is 2. The van der Waals surface area contributed by atoms with Crippen molar-refractivity contribution in [3.8, 4) is 11.3 Å². The van der Waals surface area contributed by atoms with Crippen molar-refractivity contribution < 1.29 is 13.2 Å². The summed E-state index contributed by atoms with van der Waals surface area (Å²) in [6, 6.07) is 12.8. The van der Waals surface area contributed by atoms with Crippen LogP contribution in [-0.4, -0.2) is 18.7 Å². The van der Waals surface area contributed by atoms with E-state index in [1.54, 1.807) is 28.7 Å². The smallest absolute Gasteiger partial charge is 0.383 e. The van der Waals surface area contributed by atoms with Gasteiger partial charge in [0.15, 0.2) is 0 Å². The van der Waals surface area contributed by atoms with Gasteiger partial charge in [-0.05, 0) is 52.8 Å². The number of anilines is 2. The van der Waals surface area contributed by atoms with Gasteiger partial charge in [0, 0.05) is 17.5 Å². The third-order valence-electron chi connectivity index (χ3n) is 5.16. The molecule has 33 heavy (non-hydrogen) atoms. The molecule has 0 aliphatic heterocycles. The van der Waals surface area contributed by atoms with Gasteiger partial charge in [0.2, 0.25) is 0 Å². The predicted octanol–water partition coefficient (Wildman–Crippen LogP) is 5.97. The molecule has 0 unspecified atom stereocenters. The molecule has 0 bridgehead atoms. The van der Waals surface area contributed by atoms with Gasteiger partial charge in [0.1, 0.15) is 21.7 Å². The van der Waals surface area contributed by atoms with Crippen molar-refractivity contribution in [2.45, 2.75) is 19.6 Å². The Kier molecular flexibility index (Phi) is 6.19. The molecule has 2 heterocycles. The van der Waals surface area contributed by atoms with Crippen LogP contribution in [0.4, 0.5) is 24.8 Å². The van der Waals surface area contributed by atoms with E-state index in [4.69, 9.17) is 11.1 Å². The molecule has 0 radical (unpaired) electrons. The zero-order chi connectivity index (χ0) is 23.8. The first-order chi connectivity index (χ1) is 15.7. The van der Waals surface area contributed by atoms with E-state index in [9.17, 15) is 13.2 Å². The molecule has 2 aromatic heterocycles. The summed E-state index contributed by atoms with van der Waals surface area (Å²) in [6.45, 7) is 1.99. The summed E-state index contributed by atoms with van der Waals surface area (Å²) >= 11 is 1.80. The number of aryl methyl sites for hydroxylation is 1. The number of hydrogen-bond acceptors (Lipinski definition) is 6. The molecule has 10 heteroatoms. The maximum absolute atomic E-state index is 13.8. The number of rotatable bonds is 5. The summed E-state index contributed by atoms with van der Waals surface area (Å²) in [5, 5.41) is 11.9. The summed E-state index contributed by atoms with van der Waals surface area (Å²) in [4.78, 5) is 12.7. The number of pyridine rings is 1. The summed E-state index contributed by atoms with van der Waals surface area (Å²) in [7, 11) is 0. The number of hydrogen-bond donors (Lipinski definition) is 3. The van der Waals surface area contributed by atoms with Gasteiger partial charge in [0.05, 0.1) is 22.3 Å².